The summed E-state index contributed by atoms with van der Waals surface area (Å²) < 4.78 is 10.5. The van der Waals surface area contributed by atoms with Gasteiger partial charge < -0.3 is 25.2 Å². The van der Waals surface area contributed by atoms with Crippen LogP contribution in [0.2, 0.25) is 0 Å². The lowest BCUT2D eigenvalue weighted by Crippen LogP contribution is -2.29. The molecule has 3 rings (SSSR count). The first-order chi connectivity index (χ1) is 12.0. The summed E-state index contributed by atoms with van der Waals surface area (Å²) in [6.45, 7) is -0.391. The zero-order valence-electron chi connectivity index (χ0n) is 12.9. The van der Waals surface area contributed by atoms with Gasteiger partial charge in [0.1, 0.15) is 6.54 Å². The molecule has 1 aliphatic rings. The Hall–Kier alpha value is -3.55. The second kappa shape index (κ2) is 6.91. The molecular formula is C17H14N2O6. The largest absolute Gasteiger partial charge is 0.480 e. The topological polar surface area (TPSA) is 114 Å². The number of anilines is 1. The Bertz CT molecular complexity index is 832. The number of hydrogen-bond donors (Lipinski definition) is 3. The lowest BCUT2D eigenvalue weighted by molar-refractivity contribution is -0.135. The van der Waals surface area contributed by atoms with E-state index in [0.29, 0.717) is 22.7 Å². The number of fused-ring (bicyclic) bond motifs is 1. The lowest BCUT2D eigenvalue weighted by Gasteiger charge is -2.08. The number of benzene rings is 2. The van der Waals surface area contributed by atoms with Crippen molar-refractivity contribution in [2.75, 3.05) is 18.7 Å². The Morgan fingerprint density at radius 1 is 1.00 bits per heavy atom. The van der Waals surface area contributed by atoms with Gasteiger partial charge in [-0.2, -0.15) is 0 Å². The quantitative estimate of drug-likeness (QED) is 0.758. The summed E-state index contributed by atoms with van der Waals surface area (Å²) in [5.41, 5.74) is 1.12. The Kier molecular flexibility index (Phi) is 4.51. The Balaban J connectivity index is 1.68. The van der Waals surface area contributed by atoms with Crippen molar-refractivity contribution in [1.29, 1.82) is 0 Å². The number of carboxylic acids is 1. The van der Waals surface area contributed by atoms with E-state index in [1.807, 2.05) is 0 Å². The van der Waals surface area contributed by atoms with Crippen LogP contribution in [0.4, 0.5) is 5.69 Å². The van der Waals surface area contributed by atoms with E-state index in [4.69, 9.17) is 14.6 Å². The minimum absolute atomic E-state index is 0.0692. The highest BCUT2D eigenvalue weighted by Gasteiger charge is 2.21. The van der Waals surface area contributed by atoms with Gasteiger partial charge in [0.2, 0.25) is 6.79 Å². The summed E-state index contributed by atoms with van der Waals surface area (Å²) in [4.78, 5) is 34.6. The Morgan fingerprint density at radius 3 is 2.48 bits per heavy atom. The van der Waals surface area contributed by atoms with Crippen LogP contribution in [0.15, 0.2) is 42.5 Å². The molecule has 0 unspecified atom stereocenters. The molecule has 0 radical (unpaired) electrons. The molecule has 1 heterocycles. The number of para-hydroxylation sites is 1. The fraction of sp³-hybridized carbons (Fsp3) is 0.118. The van der Waals surface area contributed by atoms with Crippen molar-refractivity contribution < 1.29 is 29.0 Å². The van der Waals surface area contributed by atoms with Crippen LogP contribution in [0, 0.1) is 0 Å². The molecule has 25 heavy (non-hydrogen) atoms. The molecule has 128 valence electrons. The third-order valence-electron chi connectivity index (χ3n) is 3.45. The van der Waals surface area contributed by atoms with Crippen LogP contribution in [0.5, 0.6) is 11.5 Å². The molecule has 0 atom stereocenters. The molecule has 8 nitrogen and oxygen atoms in total. The van der Waals surface area contributed by atoms with Crippen LogP contribution in [0.3, 0.4) is 0 Å². The first kappa shape index (κ1) is 16.3. The Morgan fingerprint density at radius 2 is 1.76 bits per heavy atom. The fourth-order valence-electron chi connectivity index (χ4n) is 2.27. The molecular weight excluding hydrogens is 328 g/mol. The maximum Gasteiger partial charge on any atom is 0.322 e. The van der Waals surface area contributed by atoms with Gasteiger partial charge in [-0.3, -0.25) is 14.4 Å². The predicted molar refractivity (Wildman–Crippen MR) is 86.9 cm³/mol. The molecule has 3 N–H and O–H groups in total. The molecule has 0 fully saturated rings. The van der Waals surface area contributed by atoms with Gasteiger partial charge in [0.05, 0.1) is 5.56 Å². The Labute approximate surface area is 142 Å². The monoisotopic (exact) mass is 342 g/mol. The summed E-state index contributed by atoms with van der Waals surface area (Å²) in [5.74, 6) is -1.10. The maximum atomic E-state index is 12.4. The van der Waals surface area contributed by atoms with Gasteiger partial charge in [0, 0.05) is 11.3 Å². The van der Waals surface area contributed by atoms with E-state index in [1.165, 1.54) is 12.1 Å². The van der Waals surface area contributed by atoms with E-state index in [1.54, 1.807) is 30.3 Å². The second-order valence-electron chi connectivity index (χ2n) is 5.15. The molecule has 1 aliphatic heterocycles. The van der Waals surface area contributed by atoms with Gasteiger partial charge in [-0.1, -0.05) is 6.07 Å². The third-order valence-corrected chi connectivity index (χ3v) is 3.45. The van der Waals surface area contributed by atoms with Crippen molar-refractivity contribution in [1.82, 2.24) is 5.32 Å². The average Bonchev–Trinajstić information content (AvgIpc) is 3.08. The van der Waals surface area contributed by atoms with E-state index < -0.39 is 18.4 Å². The van der Waals surface area contributed by atoms with Gasteiger partial charge in [0.25, 0.3) is 11.8 Å². The van der Waals surface area contributed by atoms with Gasteiger partial charge in [-0.25, -0.2) is 0 Å². The zero-order valence-corrected chi connectivity index (χ0v) is 12.9. The number of carbonyl (C=O) groups excluding carboxylic acids is 2. The first-order valence-electron chi connectivity index (χ1n) is 7.34. The van der Waals surface area contributed by atoms with E-state index in [9.17, 15) is 14.4 Å². The SMILES string of the molecule is O=C(O)CNC(=O)c1ccc(NC(=O)c2cccc3c2OCO3)cc1. The van der Waals surface area contributed by atoms with Crippen molar-refractivity contribution in [2.24, 2.45) is 0 Å². The number of amides is 2. The molecule has 2 aromatic rings. The molecule has 0 bridgehead atoms. The lowest BCUT2D eigenvalue weighted by atomic mass is 10.1. The fourth-order valence-corrected chi connectivity index (χ4v) is 2.27. The molecule has 0 saturated heterocycles. The van der Waals surface area contributed by atoms with Crippen molar-refractivity contribution in [3.63, 3.8) is 0 Å². The highest BCUT2D eigenvalue weighted by atomic mass is 16.7. The number of aliphatic carboxylic acids is 1. The van der Waals surface area contributed by atoms with Gasteiger partial charge in [0.15, 0.2) is 11.5 Å². The van der Waals surface area contributed by atoms with Crippen molar-refractivity contribution >= 4 is 23.5 Å². The summed E-state index contributed by atoms with van der Waals surface area (Å²) >= 11 is 0. The molecule has 0 aromatic heterocycles. The number of carboxylic acid groups (broad SMARTS) is 1. The second-order valence-corrected chi connectivity index (χ2v) is 5.15. The number of nitrogens with one attached hydrogen (secondary N) is 2. The van der Waals surface area contributed by atoms with Gasteiger partial charge in [-0.15, -0.1) is 0 Å². The van der Waals surface area contributed by atoms with Crippen molar-refractivity contribution in [3.05, 3.63) is 53.6 Å². The molecule has 0 aliphatic carbocycles. The van der Waals surface area contributed by atoms with E-state index in [-0.39, 0.29) is 18.3 Å². The summed E-state index contributed by atoms with van der Waals surface area (Å²) in [5, 5.41) is 13.5. The zero-order chi connectivity index (χ0) is 17.8. The van der Waals surface area contributed by atoms with Crippen LogP contribution in [0.25, 0.3) is 0 Å². The molecule has 2 aromatic carbocycles. The smallest absolute Gasteiger partial charge is 0.322 e. The van der Waals surface area contributed by atoms with Gasteiger partial charge >= 0.3 is 5.97 Å². The number of rotatable bonds is 5. The molecule has 8 heteroatoms. The van der Waals surface area contributed by atoms with E-state index >= 15 is 0 Å². The summed E-state index contributed by atoms with van der Waals surface area (Å²) in [6.07, 6.45) is 0. The summed E-state index contributed by atoms with van der Waals surface area (Å²) in [6, 6.07) is 11.1. The predicted octanol–water partition coefficient (Wildman–Crippen LogP) is 1.48. The maximum absolute atomic E-state index is 12.4. The number of carbonyl (C=O) groups is 3. The summed E-state index contributed by atoms with van der Waals surface area (Å²) in [7, 11) is 0. The van der Waals surface area contributed by atoms with Crippen LogP contribution < -0.4 is 20.1 Å². The van der Waals surface area contributed by atoms with Crippen molar-refractivity contribution in [2.45, 2.75) is 0 Å². The van der Waals surface area contributed by atoms with Crippen LogP contribution in [-0.4, -0.2) is 36.2 Å². The van der Waals surface area contributed by atoms with Gasteiger partial charge in [-0.05, 0) is 36.4 Å². The molecule has 0 spiro atoms. The number of hydrogen-bond acceptors (Lipinski definition) is 5. The molecule has 2 amide bonds. The highest BCUT2D eigenvalue weighted by Crippen LogP contribution is 2.35. The molecule has 0 saturated carbocycles. The standard InChI is InChI=1S/C17H14N2O6/c20-14(21)8-18-16(22)10-4-6-11(7-5-10)19-17(23)12-2-1-3-13-15(12)25-9-24-13/h1-7H,8-9H2,(H,18,22)(H,19,23)(H,20,21). The van der Waals surface area contributed by atoms with Crippen LogP contribution >= 0.6 is 0 Å². The average molecular weight is 342 g/mol. The van der Waals surface area contributed by atoms with Crippen LogP contribution in [0.1, 0.15) is 20.7 Å². The minimum atomic E-state index is -1.13. The van der Waals surface area contributed by atoms with E-state index in [0.717, 1.165) is 0 Å². The van der Waals surface area contributed by atoms with E-state index in [2.05, 4.69) is 10.6 Å². The number of ether oxygens (including phenoxy) is 2. The van der Waals surface area contributed by atoms with Crippen LogP contribution in [-0.2, 0) is 4.79 Å². The first-order valence-corrected chi connectivity index (χ1v) is 7.34. The normalized spacial score (nSPS) is 11.7. The van der Waals surface area contributed by atoms with Crippen molar-refractivity contribution in [3.8, 4) is 11.5 Å². The highest BCUT2D eigenvalue weighted by molar-refractivity contribution is 6.07. The minimum Gasteiger partial charge on any atom is -0.480 e. The third kappa shape index (κ3) is 3.69.